The van der Waals surface area contributed by atoms with E-state index in [0.717, 1.165) is 23.7 Å². The van der Waals surface area contributed by atoms with Crippen LogP contribution < -0.4 is 9.64 Å². The number of carbonyl (C=O) groups excluding carboxylic acids is 1. The van der Waals surface area contributed by atoms with Crippen molar-refractivity contribution in [3.05, 3.63) is 16.9 Å². The van der Waals surface area contributed by atoms with Gasteiger partial charge in [0.1, 0.15) is 6.61 Å². The van der Waals surface area contributed by atoms with Crippen LogP contribution in [0.15, 0.2) is 9.90 Å². The van der Waals surface area contributed by atoms with Crippen molar-refractivity contribution in [2.75, 3.05) is 4.90 Å². The quantitative estimate of drug-likeness (QED) is 0.835. The lowest BCUT2D eigenvalue weighted by Gasteiger charge is -2.16. The SMILES string of the molecule is CC(=O)N(c1nc(COc2nc(C(C)(C)C)no2)cs1)C1CC1. The zero-order valence-corrected chi connectivity index (χ0v) is 14.5. The first-order chi connectivity index (χ1) is 10.8. The Kier molecular flexibility index (Phi) is 4.09. The number of hydrogen-bond acceptors (Lipinski definition) is 7. The molecule has 1 aliphatic carbocycles. The van der Waals surface area contributed by atoms with E-state index in [1.54, 1.807) is 11.8 Å². The standard InChI is InChI=1S/C15H20N4O3S/c1-9(20)19(11-5-6-11)13-16-10(8-23-13)7-21-14-17-12(18-22-14)15(2,3)4/h8,11H,5-7H2,1-4H3. The molecule has 124 valence electrons. The lowest BCUT2D eigenvalue weighted by molar-refractivity contribution is -0.116. The Morgan fingerprint density at radius 2 is 2.17 bits per heavy atom. The minimum absolute atomic E-state index is 0.0287. The molecule has 1 amide bonds. The van der Waals surface area contributed by atoms with Gasteiger partial charge in [0.2, 0.25) is 5.91 Å². The monoisotopic (exact) mass is 336 g/mol. The molecule has 2 aromatic rings. The van der Waals surface area contributed by atoms with Crippen LogP contribution in [0.2, 0.25) is 0 Å². The summed E-state index contributed by atoms with van der Waals surface area (Å²) in [5.74, 6) is 0.629. The average Bonchev–Trinajstić information content (AvgIpc) is 2.99. The highest BCUT2D eigenvalue weighted by Crippen LogP contribution is 2.33. The largest absolute Gasteiger partial charge is 0.442 e. The molecule has 3 rings (SSSR count). The van der Waals surface area contributed by atoms with Crippen LogP contribution in [0, 0.1) is 0 Å². The molecule has 1 saturated carbocycles. The molecule has 2 aromatic heterocycles. The van der Waals surface area contributed by atoms with Gasteiger partial charge >= 0.3 is 6.08 Å². The number of rotatable bonds is 5. The van der Waals surface area contributed by atoms with E-state index in [1.165, 1.54) is 11.3 Å². The van der Waals surface area contributed by atoms with Gasteiger partial charge in [-0.2, -0.15) is 4.98 Å². The molecule has 0 bridgehead atoms. The lowest BCUT2D eigenvalue weighted by Crippen LogP contribution is -2.30. The second kappa shape index (κ2) is 5.92. The van der Waals surface area contributed by atoms with Gasteiger partial charge in [0.25, 0.3) is 0 Å². The van der Waals surface area contributed by atoms with Crippen LogP contribution in [0.5, 0.6) is 6.08 Å². The number of aromatic nitrogens is 3. The molecule has 0 atom stereocenters. The Morgan fingerprint density at radius 3 is 2.74 bits per heavy atom. The normalized spacial score (nSPS) is 14.8. The predicted molar refractivity (Wildman–Crippen MR) is 85.6 cm³/mol. The zero-order valence-electron chi connectivity index (χ0n) is 13.7. The topological polar surface area (TPSA) is 81.4 Å². The van der Waals surface area contributed by atoms with E-state index in [-0.39, 0.29) is 24.0 Å². The molecule has 0 unspecified atom stereocenters. The van der Waals surface area contributed by atoms with E-state index in [9.17, 15) is 4.79 Å². The third-order valence-corrected chi connectivity index (χ3v) is 4.31. The van der Waals surface area contributed by atoms with Crippen LogP contribution in [-0.2, 0) is 16.8 Å². The van der Waals surface area contributed by atoms with Crippen molar-refractivity contribution in [1.82, 2.24) is 15.1 Å². The molecule has 0 N–H and O–H groups in total. The van der Waals surface area contributed by atoms with E-state index in [2.05, 4.69) is 15.1 Å². The van der Waals surface area contributed by atoms with E-state index in [1.807, 2.05) is 26.2 Å². The van der Waals surface area contributed by atoms with E-state index in [4.69, 9.17) is 9.26 Å². The van der Waals surface area contributed by atoms with Crippen molar-refractivity contribution < 1.29 is 14.1 Å². The van der Waals surface area contributed by atoms with E-state index < -0.39 is 0 Å². The van der Waals surface area contributed by atoms with Crippen LogP contribution in [0.4, 0.5) is 5.13 Å². The third-order valence-electron chi connectivity index (χ3n) is 3.42. The molecule has 2 heterocycles. The summed E-state index contributed by atoms with van der Waals surface area (Å²) in [4.78, 5) is 22.2. The first kappa shape index (κ1) is 15.9. The Labute approximate surface area is 138 Å². The van der Waals surface area contributed by atoms with Gasteiger partial charge < -0.3 is 4.74 Å². The first-order valence-corrected chi connectivity index (χ1v) is 8.44. The number of ether oxygens (including phenoxy) is 1. The van der Waals surface area contributed by atoms with Crippen molar-refractivity contribution in [1.29, 1.82) is 0 Å². The van der Waals surface area contributed by atoms with E-state index >= 15 is 0 Å². The molecule has 0 aromatic carbocycles. The van der Waals surface area contributed by atoms with Gasteiger partial charge in [-0.3, -0.25) is 14.2 Å². The van der Waals surface area contributed by atoms with Gasteiger partial charge in [0.05, 0.1) is 5.69 Å². The lowest BCUT2D eigenvalue weighted by atomic mass is 9.96. The number of anilines is 1. The maximum atomic E-state index is 11.7. The maximum absolute atomic E-state index is 11.7. The summed E-state index contributed by atoms with van der Waals surface area (Å²) in [5.41, 5.74) is 0.554. The Balaban J connectivity index is 1.63. The molecule has 0 radical (unpaired) electrons. The molecule has 23 heavy (non-hydrogen) atoms. The number of carbonyl (C=O) groups is 1. The van der Waals surface area contributed by atoms with Gasteiger partial charge in [-0.25, -0.2) is 4.98 Å². The molecular weight excluding hydrogens is 316 g/mol. The fourth-order valence-electron chi connectivity index (χ4n) is 2.06. The molecule has 7 nitrogen and oxygen atoms in total. The molecule has 1 fully saturated rings. The van der Waals surface area contributed by atoms with Crippen LogP contribution in [-0.4, -0.2) is 27.1 Å². The maximum Gasteiger partial charge on any atom is 0.417 e. The molecule has 1 aliphatic rings. The Hall–Kier alpha value is -1.96. The zero-order chi connectivity index (χ0) is 16.6. The van der Waals surface area contributed by atoms with Gasteiger partial charge in [-0.15, -0.1) is 11.3 Å². The van der Waals surface area contributed by atoms with Gasteiger partial charge in [0, 0.05) is 23.8 Å². The second-order valence-corrected chi connectivity index (χ2v) is 7.50. The summed E-state index contributed by atoms with van der Waals surface area (Å²) in [6.07, 6.45) is 2.22. The Morgan fingerprint density at radius 1 is 1.43 bits per heavy atom. The fraction of sp³-hybridized carbons (Fsp3) is 0.600. The van der Waals surface area contributed by atoms with Gasteiger partial charge in [-0.05, 0) is 12.8 Å². The van der Waals surface area contributed by atoms with Crippen LogP contribution >= 0.6 is 11.3 Å². The molecule has 0 aliphatic heterocycles. The predicted octanol–water partition coefficient (Wildman–Crippen LogP) is 2.92. The summed E-state index contributed by atoms with van der Waals surface area (Å²) in [7, 11) is 0. The molecule has 8 heteroatoms. The fourth-order valence-corrected chi connectivity index (χ4v) is 2.99. The molecular formula is C15H20N4O3S. The van der Waals surface area contributed by atoms with Crippen molar-refractivity contribution in [2.45, 2.75) is 58.6 Å². The van der Waals surface area contributed by atoms with Crippen molar-refractivity contribution in [3.63, 3.8) is 0 Å². The highest BCUT2D eigenvalue weighted by atomic mass is 32.1. The van der Waals surface area contributed by atoms with Crippen molar-refractivity contribution >= 4 is 22.4 Å². The first-order valence-electron chi connectivity index (χ1n) is 7.56. The molecule has 0 spiro atoms. The number of thiazole rings is 1. The van der Waals surface area contributed by atoms with E-state index in [0.29, 0.717) is 11.9 Å². The molecule has 0 saturated heterocycles. The second-order valence-electron chi connectivity index (χ2n) is 6.66. The third kappa shape index (κ3) is 3.69. The summed E-state index contributed by atoms with van der Waals surface area (Å²) in [6.45, 7) is 7.81. The highest BCUT2D eigenvalue weighted by Gasteiger charge is 2.33. The van der Waals surface area contributed by atoms with Crippen LogP contribution in [0.3, 0.4) is 0 Å². The van der Waals surface area contributed by atoms with Crippen LogP contribution in [0.1, 0.15) is 52.1 Å². The summed E-state index contributed by atoms with van der Waals surface area (Å²) < 4.78 is 10.6. The minimum Gasteiger partial charge on any atom is -0.442 e. The minimum atomic E-state index is -0.189. The van der Waals surface area contributed by atoms with Crippen molar-refractivity contribution in [3.8, 4) is 6.08 Å². The smallest absolute Gasteiger partial charge is 0.417 e. The van der Waals surface area contributed by atoms with Gasteiger partial charge in [-0.1, -0.05) is 25.9 Å². The summed E-state index contributed by atoms with van der Waals surface area (Å²) in [5, 5.41) is 6.51. The van der Waals surface area contributed by atoms with Crippen molar-refractivity contribution in [2.24, 2.45) is 0 Å². The summed E-state index contributed by atoms with van der Waals surface area (Å²) in [6, 6.07) is 0.303. The highest BCUT2D eigenvalue weighted by molar-refractivity contribution is 7.14. The number of amides is 1. The number of hydrogen-bond donors (Lipinski definition) is 0. The Bertz CT molecular complexity index is 700. The average molecular weight is 336 g/mol. The van der Waals surface area contributed by atoms with Gasteiger partial charge in [0.15, 0.2) is 11.0 Å². The number of nitrogens with zero attached hydrogens (tertiary/aromatic N) is 4. The summed E-state index contributed by atoms with van der Waals surface area (Å²) >= 11 is 1.45. The van der Waals surface area contributed by atoms with Crippen LogP contribution in [0.25, 0.3) is 0 Å².